The molecule has 146 valence electrons. The van der Waals surface area contributed by atoms with Crippen LogP contribution in [0.2, 0.25) is 0 Å². The van der Waals surface area contributed by atoms with Gasteiger partial charge in [-0.15, -0.1) is 12.4 Å². The molecule has 28 heavy (non-hydrogen) atoms. The SMILES string of the molecule is Cl.c1ccc2cc(COC3(c4ccc5c(c4)OCO5)CCCNC3)ccc2c1. The Morgan fingerprint density at radius 1 is 0.929 bits per heavy atom. The van der Waals surface area contributed by atoms with Crippen molar-refractivity contribution in [1.82, 2.24) is 5.32 Å². The molecule has 1 N–H and O–H groups in total. The van der Waals surface area contributed by atoms with E-state index in [2.05, 4.69) is 59.9 Å². The minimum absolute atomic E-state index is 0. The minimum atomic E-state index is -0.342. The summed E-state index contributed by atoms with van der Waals surface area (Å²) in [5.41, 5.74) is 2.00. The highest BCUT2D eigenvalue weighted by molar-refractivity contribution is 5.85. The van der Waals surface area contributed by atoms with Crippen molar-refractivity contribution < 1.29 is 14.2 Å². The fourth-order valence-electron chi connectivity index (χ4n) is 4.06. The van der Waals surface area contributed by atoms with Crippen LogP contribution in [-0.4, -0.2) is 19.9 Å². The van der Waals surface area contributed by atoms with Crippen molar-refractivity contribution in [1.29, 1.82) is 0 Å². The predicted molar refractivity (Wildman–Crippen MR) is 112 cm³/mol. The van der Waals surface area contributed by atoms with Crippen molar-refractivity contribution in [3.63, 3.8) is 0 Å². The van der Waals surface area contributed by atoms with E-state index in [1.807, 2.05) is 6.07 Å². The summed E-state index contributed by atoms with van der Waals surface area (Å²) in [6.07, 6.45) is 2.08. The first-order chi connectivity index (χ1) is 13.3. The van der Waals surface area contributed by atoms with E-state index in [4.69, 9.17) is 14.2 Å². The van der Waals surface area contributed by atoms with E-state index < -0.39 is 0 Å². The van der Waals surface area contributed by atoms with Gasteiger partial charge >= 0.3 is 0 Å². The topological polar surface area (TPSA) is 39.7 Å². The van der Waals surface area contributed by atoms with E-state index in [0.717, 1.165) is 43.0 Å². The molecule has 3 aromatic rings. The van der Waals surface area contributed by atoms with Crippen LogP contribution in [0.3, 0.4) is 0 Å². The summed E-state index contributed by atoms with van der Waals surface area (Å²) in [5.74, 6) is 1.62. The molecule has 1 atom stereocenters. The van der Waals surface area contributed by atoms with Crippen LogP contribution in [-0.2, 0) is 16.9 Å². The molecule has 0 aromatic heterocycles. The molecule has 5 rings (SSSR count). The van der Waals surface area contributed by atoms with Gasteiger partial charge in [-0.25, -0.2) is 0 Å². The largest absolute Gasteiger partial charge is 0.454 e. The number of rotatable bonds is 4. The van der Waals surface area contributed by atoms with E-state index >= 15 is 0 Å². The van der Waals surface area contributed by atoms with Crippen LogP contribution in [0, 0.1) is 0 Å². The van der Waals surface area contributed by atoms with Crippen LogP contribution in [0.25, 0.3) is 10.8 Å². The van der Waals surface area contributed by atoms with Crippen LogP contribution in [0.1, 0.15) is 24.0 Å². The molecule has 0 spiro atoms. The molecule has 5 heteroatoms. The zero-order valence-corrected chi connectivity index (χ0v) is 16.5. The van der Waals surface area contributed by atoms with Gasteiger partial charge in [0.25, 0.3) is 0 Å². The molecule has 2 aliphatic rings. The number of ether oxygens (including phenoxy) is 3. The standard InChI is InChI=1S/C23H23NO3.ClH/c1-2-5-19-12-17(6-7-18(19)4-1)14-27-23(10-3-11-24-15-23)20-8-9-21-22(13-20)26-16-25-21;/h1-2,4-9,12-13,24H,3,10-11,14-16H2;1H. The molecule has 1 unspecified atom stereocenters. The summed E-state index contributed by atoms with van der Waals surface area (Å²) >= 11 is 0. The third-order valence-corrected chi connectivity index (χ3v) is 5.57. The summed E-state index contributed by atoms with van der Waals surface area (Å²) in [6, 6.07) is 21.2. The van der Waals surface area contributed by atoms with Gasteiger partial charge in [0.1, 0.15) is 5.60 Å². The summed E-state index contributed by atoms with van der Waals surface area (Å²) in [4.78, 5) is 0. The third-order valence-electron chi connectivity index (χ3n) is 5.57. The van der Waals surface area contributed by atoms with E-state index in [0.29, 0.717) is 13.4 Å². The maximum absolute atomic E-state index is 6.59. The molecule has 1 fully saturated rings. The first kappa shape index (κ1) is 19.1. The molecule has 4 nitrogen and oxygen atoms in total. The van der Waals surface area contributed by atoms with Crippen LogP contribution in [0.4, 0.5) is 0 Å². The van der Waals surface area contributed by atoms with Crippen molar-refractivity contribution in [2.24, 2.45) is 0 Å². The normalized spacial score (nSPS) is 20.7. The number of benzene rings is 3. The monoisotopic (exact) mass is 397 g/mol. The molecule has 2 heterocycles. The lowest BCUT2D eigenvalue weighted by Gasteiger charge is -2.38. The average molecular weight is 398 g/mol. The molecule has 0 aliphatic carbocycles. The lowest BCUT2D eigenvalue weighted by Crippen LogP contribution is -2.45. The maximum atomic E-state index is 6.59. The number of hydrogen-bond donors (Lipinski definition) is 1. The molecular weight excluding hydrogens is 374 g/mol. The Morgan fingerprint density at radius 2 is 1.79 bits per heavy atom. The fourth-order valence-corrected chi connectivity index (χ4v) is 4.06. The van der Waals surface area contributed by atoms with Gasteiger partial charge in [0.2, 0.25) is 6.79 Å². The Labute approximate surface area is 171 Å². The number of halogens is 1. The highest BCUT2D eigenvalue weighted by Crippen LogP contribution is 2.40. The van der Waals surface area contributed by atoms with Crippen molar-refractivity contribution in [3.05, 3.63) is 71.8 Å². The summed E-state index contributed by atoms with van der Waals surface area (Å²) in [6.45, 7) is 2.72. The fraction of sp³-hybridized carbons (Fsp3) is 0.304. The zero-order valence-electron chi connectivity index (χ0n) is 15.6. The summed E-state index contributed by atoms with van der Waals surface area (Å²) in [5, 5.41) is 6.01. The van der Waals surface area contributed by atoms with E-state index in [-0.39, 0.29) is 18.0 Å². The molecule has 0 saturated carbocycles. The van der Waals surface area contributed by atoms with Gasteiger partial charge in [-0.05, 0) is 59.5 Å². The first-order valence-corrected chi connectivity index (χ1v) is 9.55. The van der Waals surface area contributed by atoms with Gasteiger partial charge in [0.05, 0.1) is 6.61 Å². The van der Waals surface area contributed by atoms with Crippen LogP contribution < -0.4 is 14.8 Å². The molecule has 1 saturated heterocycles. The highest BCUT2D eigenvalue weighted by atomic mass is 35.5. The zero-order chi connectivity index (χ0) is 18.1. The quantitative estimate of drug-likeness (QED) is 0.687. The molecule has 0 bridgehead atoms. The van der Waals surface area contributed by atoms with Gasteiger partial charge in [0, 0.05) is 6.54 Å². The van der Waals surface area contributed by atoms with Gasteiger partial charge in [0.15, 0.2) is 11.5 Å². The second kappa shape index (κ2) is 8.00. The smallest absolute Gasteiger partial charge is 0.231 e. The predicted octanol–water partition coefficient (Wildman–Crippen LogP) is 4.79. The van der Waals surface area contributed by atoms with E-state index in [1.54, 1.807) is 0 Å². The third kappa shape index (κ3) is 3.55. The first-order valence-electron chi connectivity index (χ1n) is 9.55. The maximum Gasteiger partial charge on any atom is 0.231 e. The summed E-state index contributed by atoms with van der Waals surface area (Å²) < 4.78 is 17.6. The van der Waals surface area contributed by atoms with Crippen molar-refractivity contribution in [3.8, 4) is 11.5 Å². The second-order valence-corrected chi connectivity index (χ2v) is 7.31. The van der Waals surface area contributed by atoms with Crippen molar-refractivity contribution >= 4 is 23.2 Å². The Hall–Kier alpha value is -2.27. The highest BCUT2D eigenvalue weighted by Gasteiger charge is 2.36. The Kier molecular flexibility index (Phi) is 5.44. The molecule has 3 aromatic carbocycles. The Bertz CT molecular complexity index is 969. The van der Waals surface area contributed by atoms with E-state index in [1.165, 1.54) is 16.3 Å². The second-order valence-electron chi connectivity index (χ2n) is 7.31. The van der Waals surface area contributed by atoms with E-state index in [9.17, 15) is 0 Å². The minimum Gasteiger partial charge on any atom is -0.454 e. The number of hydrogen-bond acceptors (Lipinski definition) is 4. The van der Waals surface area contributed by atoms with Crippen molar-refractivity contribution in [2.75, 3.05) is 19.9 Å². The van der Waals surface area contributed by atoms with Crippen LogP contribution >= 0.6 is 12.4 Å². The van der Waals surface area contributed by atoms with Gasteiger partial charge in [-0.1, -0.05) is 42.5 Å². The lowest BCUT2D eigenvalue weighted by atomic mass is 9.86. The number of fused-ring (bicyclic) bond motifs is 2. The molecule has 0 amide bonds. The van der Waals surface area contributed by atoms with Gasteiger partial charge < -0.3 is 19.5 Å². The van der Waals surface area contributed by atoms with Gasteiger partial charge in [-0.3, -0.25) is 0 Å². The molecule has 2 aliphatic heterocycles. The molecule has 0 radical (unpaired) electrons. The average Bonchev–Trinajstić information content (AvgIpc) is 3.21. The Balaban J connectivity index is 0.00000192. The molecular formula is C23H24ClNO3. The van der Waals surface area contributed by atoms with Crippen molar-refractivity contribution in [2.45, 2.75) is 25.0 Å². The number of piperidine rings is 1. The Morgan fingerprint density at radius 3 is 2.64 bits per heavy atom. The number of nitrogens with one attached hydrogen (secondary N) is 1. The van der Waals surface area contributed by atoms with Crippen LogP contribution in [0.15, 0.2) is 60.7 Å². The summed E-state index contributed by atoms with van der Waals surface area (Å²) in [7, 11) is 0. The van der Waals surface area contributed by atoms with Crippen LogP contribution in [0.5, 0.6) is 11.5 Å². The van der Waals surface area contributed by atoms with Gasteiger partial charge in [-0.2, -0.15) is 0 Å². The lowest BCUT2D eigenvalue weighted by molar-refractivity contribution is -0.0767.